The summed E-state index contributed by atoms with van der Waals surface area (Å²) in [4.78, 5) is 23.6. The Labute approximate surface area is 181 Å². The molecule has 1 unspecified atom stereocenters. The summed E-state index contributed by atoms with van der Waals surface area (Å²) in [6.07, 6.45) is 0. The fourth-order valence-corrected chi connectivity index (χ4v) is 3.96. The lowest BCUT2D eigenvalue weighted by Crippen LogP contribution is -2.51. The molecule has 0 saturated heterocycles. The normalized spacial score (nSPS) is 12.3. The largest absolute Gasteiger partial charge is 0.483 e. The van der Waals surface area contributed by atoms with Crippen molar-refractivity contribution < 1.29 is 27.1 Å². The topological polar surface area (TPSA) is 114 Å². The third kappa shape index (κ3) is 6.76. The molecule has 0 saturated carbocycles. The van der Waals surface area contributed by atoms with E-state index >= 15 is 0 Å². The molecule has 31 heavy (non-hydrogen) atoms. The second-order valence-corrected chi connectivity index (χ2v) is 8.98. The fraction of sp³-hybridized carbons (Fsp3) is 0.333. The number of hydrogen-bond acceptors (Lipinski definition) is 5. The first-order valence-corrected chi connectivity index (χ1v) is 11.1. The zero-order valence-corrected chi connectivity index (χ0v) is 18.5. The van der Waals surface area contributed by atoms with Crippen LogP contribution in [0.5, 0.6) is 5.75 Å². The van der Waals surface area contributed by atoms with Gasteiger partial charge in [0.1, 0.15) is 16.5 Å². The van der Waals surface area contributed by atoms with Gasteiger partial charge >= 0.3 is 0 Å². The molecule has 1 atom stereocenters. The van der Waals surface area contributed by atoms with E-state index in [1.54, 1.807) is 0 Å². The lowest BCUT2D eigenvalue weighted by atomic mass is 10.0. The molecule has 2 aromatic rings. The number of aryl methyl sites for hydroxylation is 1. The summed E-state index contributed by atoms with van der Waals surface area (Å²) in [5.74, 6) is -1.63. The number of rotatable bonds is 8. The van der Waals surface area contributed by atoms with E-state index in [1.165, 1.54) is 19.1 Å². The van der Waals surface area contributed by atoms with Crippen molar-refractivity contribution in [1.82, 2.24) is 15.6 Å². The second kappa shape index (κ2) is 10.4. The van der Waals surface area contributed by atoms with E-state index < -0.39 is 38.6 Å². The minimum Gasteiger partial charge on any atom is -0.483 e. The Kier molecular flexibility index (Phi) is 8.12. The highest BCUT2D eigenvalue weighted by molar-refractivity contribution is 7.89. The van der Waals surface area contributed by atoms with Gasteiger partial charge in [0, 0.05) is 0 Å². The van der Waals surface area contributed by atoms with Crippen LogP contribution in [0.4, 0.5) is 4.39 Å². The van der Waals surface area contributed by atoms with Crippen LogP contribution in [-0.2, 0) is 19.6 Å². The fourth-order valence-electron chi connectivity index (χ4n) is 2.67. The van der Waals surface area contributed by atoms with Crippen molar-refractivity contribution in [2.75, 3.05) is 6.61 Å². The van der Waals surface area contributed by atoms with Gasteiger partial charge in [-0.3, -0.25) is 20.4 Å². The molecule has 2 rings (SSSR count). The summed E-state index contributed by atoms with van der Waals surface area (Å²) < 4.78 is 45.8. The Hall–Kier alpha value is -2.98. The molecule has 0 aliphatic rings. The molecular weight excluding hydrogens is 425 g/mol. The predicted molar refractivity (Wildman–Crippen MR) is 113 cm³/mol. The molecular formula is C21H26FN3O5S. The Bertz CT molecular complexity index is 1060. The number of carbonyl (C=O) groups is 2. The van der Waals surface area contributed by atoms with Gasteiger partial charge in [0.25, 0.3) is 11.8 Å². The predicted octanol–water partition coefficient (Wildman–Crippen LogP) is 2.15. The SMILES string of the molecule is Cc1ccc(C(C)C)c(OCC(=O)NNC(=O)C(C)NS(=O)(=O)c2ccccc2F)c1. The molecule has 0 aliphatic heterocycles. The molecule has 0 aliphatic carbocycles. The van der Waals surface area contributed by atoms with E-state index in [1.807, 2.05) is 39.0 Å². The first-order chi connectivity index (χ1) is 14.5. The highest BCUT2D eigenvalue weighted by Gasteiger charge is 2.24. The van der Waals surface area contributed by atoms with E-state index in [0.717, 1.165) is 23.3 Å². The summed E-state index contributed by atoms with van der Waals surface area (Å²) >= 11 is 0. The number of carbonyl (C=O) groups excluding carboxylic acids is 2. The van der Waals surface area contributed by atoms with Crippen molar-refractivity contribution in [2.45, 2.75) is 44.6 Å². The Morgan fingerprint density at radius 2 is 1.74 bits per heavy atom. The molecule has 0 aromatic heterocycles. The maximum absolute atomic E-state index is 13.7. The van der Waals surface area contributed by atoms with E-state index in [2.05, 4.69) is 15.6 Å². The van der Waals surface area contributed by atoms with Crippen LogP contribution in [0.2, 0.25) is 0 Å². The molecule has 0 heterocycles. The van der Waals surface area contributed by atoms with Crippen LogP contribution >= 0.6 is 0 Å². The standard InChI is InChI=1S/C21H26FN3O5S/c1-13(2)16-10-9-14(3)11-18(16)30-12-20(26)23-24-21(27)15(4)25-31(28,29)19-8-6-5-7-17(19)22/h5-11,13,15,25H,12H2,1-4H3,(H,23,26)(H,24,27). The number of nitrogens with one attached hydrogen (secondary N) is 3. The molecule has 0 radical (unpaired) electrons. The van der Waals surface area contributed by atoms with Gasteiger partial charge in [-0.2, -0.15) is 4.72 Å². The van der Waals surface area contributed by atoms with Crippen molar-refractivity contribution in [3.8, 4) is 5.75 Å². The number of hydrazine groups is 1. The van der Waals surface area contributed by atoms with Crippen LogP contribution in [0.15, 0.2) is 47.4 Å². The van der Waals surface area contributed by atoms with Gasteiger partial charge in [-0.25, -0.2) is 12.8 Å². The van der Waals surface area contributed by atoms with Crippen molar-refractivity contribution in [1.29, 1.82) is 0 Å². The van der Waals surface area contributed by atoms with Crippen LogP contribution in [-0.4, -0.2) is 32.9 Å². The van der Waals surface area contributed by atoms with Gasteiger partial charge in [0.15, 0.2) is 6.61 Å². The quantitative estimate of drug-likeness (QED) is 0.532. The first-order valence-electron chi connectivity index (χ1n) is 9.60. The molecule has 3 N–H and O–H groups in total. The van der Waals surface area contributed by atoms with Gasteiger partial charge in [-0.05, 0) is 49.1 Å². The summed E-state index contributed by atoms with van der Waals surface area (Å²) in [6.45, 7) is 6.82. The molecule has 0 bridgehead atoms. The van der Waals surface area contributed by atoms with Crippen molar-refractivity contribution in [2.24, 2.45) is 0 Å². The van der Waals surface area contributed by atoms with E-state index in [4.69, 9.17) is 4.74 Å². The van der Waals surface area contributed by atoms with Crippen LogP contribution in [0, 0.1) is 12.7 Å². The number of sulfonamides is 1. The minimum atomic E-state index is -4.26. The van der Waals surface area contributed by atoms with Crippen LogP contribution in [0.3, 0.4) is 0 Å². The van der Waals surface area contributed by atoms with Crippen LogP contribution in [0.25, 0.3) is 0 Å². The Morgan fingerprint density at radius 1 is 1.06 bits per heavy atom. The average Bonchev–Trinajstić information content (AvgIpc) is 2.70. The number of amides is 2. The van der Waals surface area contributed by atoms with Gasteiger partial charge in [-0.1, -0.05) is 38.1 Å². The second-order valence-electron chi connectivity index (χ2n) is 7.30. The van der Waals surface area contributed by atoms with Gasteiger partial charge in [0.05, 0.1) is 6.04 Å². The van der Waals surface area contributed by atoms with Crippen molar-refractivity contribution in [3.05, 3.63) is 59.4 Å². The molecule has 168 valence electrons. The highest BCUT2D eigenvalue weighted by Crippen LogP contribution is 2.27. The zero-order chi connectivity index (χ0) is 23.2. The number of ether oxygens (including phenoxy) is 1. The maximum Gasteiger partial charge on any atom is 0.276 e. The smallest absolute Gasteiger partial charge is 0.276 e. The first kappa shape index (κ1) is 24.3. The molecule has 0 spiro atoms. The van der Waals surface area contributed by atoms with Crippen molar-refractivity contribution in [3.63, 3.8) is 0 Å². The van der Waals surface area contributed by atoms with E-state index in [9.17, 15) is 22.4 Å². The van der Waals surface area contributed by atoms with Gasteiger partial charge in [-0.15, -0.1) is 0 Å². The number of benzene rings is 2. The maximum atomic E-state index is 13.7. The Morgan fingerprint density at radius 3 is 2.39 bits per heavy atom. The van der Waals surface area contributed by atoms with E-state index in [0.29, 0.717) is 5.75 Å². The minimum absolute atomic E-state index is 0.196. The highest BCUT2D eigenvalue weighted by atomic mass is 32.2. The van der Waals surface area contributed by atoms with Crippen molar-refractivity contribution >= 4 is 21.8 Å². The van der Waals surface area contributed by atoms with Gasteiger partial charge in [0.2, 0.25) is 10.0 Å². The van der Waals surface area contributed by atoms with Crippen LogP contribution in [0.1, 0.15) is 37.8 Å². The molecule has 10 heteroatoms. The zero-order valence-electron chi connectivity index (χ0n) is 17.7. The Balaban J connectivity index is 1.89. The number of hydrogen-bond donors (Lipinski definition) is 3. The molecule has 0 fully saturated rings. The van der Waals surface area contributed by atoms with E-state index in [-0.39, 0.29) is 12.5 Å². The molecule has 2 aromatic carbocycles. The summed E-state index contributed by atoms with van der Waals surface area (Å²) in [5.41, 5.74) is 6.20. The molecule has 2 amide bonds. The monoisotopic (exact) mass is 451 g/mol. The van der Waals surface area contributed by atoms with Gasteiger partial charge < -0.3 is 4.74 Å². The number of halogens is 1. The summed E-state index contributed by atoms with van der Waals surface area (Å²) in [7, 11) is -4.26. The summed E-state index contributed by atoms with van der Waals surface area (Å²) in [6, 6.07) is 9.22. The molecule has 8 nitrogen and oxygen atoms in total. The lowest BCUT2D eigenvalue weighted by Gasteiger charge is -2.16. The third-order valence-electron chi connectivity index (χ3n) is 4.33. The third-order valence-corrected chi connectivity index (χ3v) is 5.90. The average molecular weight is 452 g/mol. The lowest BCUT2D eigenvalue weighted by molar-refractivity contribution is -0.130. The summed E-state index contributed by atoms with van der Waals surface area (Å²) in [5, 5.41) is 0. The van der Waals surface area contributed by atoms with Crippen LogP contribution < -0.4 is 20.3 Å².